The Morgan fingerprint density at radius 1 is 1.18 bits per heavy atom. The molecule has 6 heteroatoms. The molecule has 0 radical (unpaired) electrons. The van der Waals surface area contributed by atoms with E-state index >= 15 is 0 Å². The quantitative estimate of drug-likeness (QED) is 0.546. The van der Waals surface area contributed by atoms with Crippen molar-refractivity contribution in [1.29, 1.82) is 5.26 Å². The summed E-state index contributed by atoms with van der Waals surface area (Å²) in [5, 5.41) is 13.4. The summed E-state index contributed by atoms with van der Waals surface area (Å²) in [5.74, 6) is -0.112. The van der Waals surface area contributed by atoms with Gasteiger partial charge in [-0.15, -0.1) is 0 Å². The minimum atomic E-state index is -0.486. The van der Waals surface area contributed by atoms with Crippen LogP contribution in [0, 0.1) is 18.3 Å². The maximum atomic E-state index is 13.3. The van der Waals surface area contributed by atoms with E-state index in [-0.39, 0.29) is 11.8 Å². The molecule has 1 atom stereocenters. The number of nitrogens with one attached hydrogen (secondary N) is 1. The van der Waals surface area contributed by atoms with Crippen molar-refractivity contribution in [2.24, 2.45) is 0 Å². The monoisotopic (exact) mass is 442 g/mol. The van der Waals surface area contributed by atoms with Crippen molar-refractivity contribution in [2.45, 2.75) is 52.5 Å². The fraction of sp³-hybridized carbons (Fsp3) is 0.370. The van der Waals surface area contributed by atoms with Crippen LogP contribution in [0.1, 0.15) is 66.2 Å². The molecule has 0 bridgehead atoms. The molecule has 1 fully saturated rings. The van der Waals surface area contributed by atoms with Crippen molar-refractivity contribution < 1.29 is 9.59 Å². The number of likely N-dealkylation sites (tertiary alicyclic amines) is 1. The number of fused-ring (bicyclic) bond motifs is 1. The number of aryl methyl sites for hydroxylation is 2. The van der Waals surface area contributed by atoms with Gasteiger partial charge in [-0.25, -0.2) is 0 Å². The van der Waals surface area contributed by atoms with Crippen molar-refractivity contribution in [3.05, 3.63) is 64.8 Å². The zero-order valence-corrected chi connectivity index (χ0v) is 19.5. The second-order valence-electron chi connectivity index (χ2n) is 8.85. The number of carbonyl (C=O) groups is 2. The molecule has 3 aromatic rings. The third-order valence-corrected chi connectivity index (χ3v) is 6.52. The zero-order valence-electron chi connectivity index (χ0n) is 19.5. The summed E-state index contributed by atoms with van der Waals surface area (Å²) in [7, 11) is 0. The van der Waals surface area contributed by atoms with Crippen LogP contribution in [-0.2, 0) is 11.2 Å². The first kappa shape index (κ1) is 22.6. The van der Waals surface area contributed by atoms with Gasteiger partial charge in [-0.05, 0) is 68.5 Å². The van der Waals surface area contributed by atoms with Crippen LogP contribution >= 0.6 is 0 Å². The Labute approximate surface area is 194 Å². The molecule has 1 aliphatic rings. The number of unbranched alkanes of at least 4 members (excludes halogenated alkanes) is 1. The van der Waals surface area contributed by atoms with E-state index in [0.29, 0.717) is 16.8 Å². The van der Waals surface area contributed by atoms with Crippen molar-refractivity contribution in [2.75, 3.05) is 18.4 Å². The highest BCUT2D eigenvalue weighted by Crippen LogP contribution is 2.28. The fourth-order valence-corrected chi connectivity index (χ4v) is 4.29. The van der Waals surface area contributed by atoms with Crippen molar-refractivity contribution in [1.82, 2.24) is 9.47 Å². The van der Waals surface area contributed by atoms with Gasteiger partial charge in [0.05, 0.1) is 11.6 Å². The zero-order chi connectivity index (χ0) is 23.5. The lowest BCUT2D eigenvalue weighted by molar-refractivity contribution is -0.118. The van der Waals surface area contributed by atoms with E-state index in [1.165, 1.54) is 0 Å². The summed E-state index contributed by atoms with van der Waals surface area (Å²) in [6.45, 7) is 7.61. The standard InChI is InChI=1S/C27H30N4O2/c1-4-5-7-21-9-8-20(16-28)14-24(21)29-26(32)19(3)31-17-18(2)23-11-10-22(15-25(23)31)27(33)30-12-6-13-30/h8-11,14-15,17,19H,4-7,12-13H2,1-3H3,(H,29,32). The molecule has 4 rings (SSSR count). The Balaban J connectivity index is 1.63. The summed E-state index contributed by atoms with van der Waals surface area (Å²) in [4.78, 5) is 27.9. The summed E-state index contributed by atoms with van der Waals surface area (Å²) < 4.78 is 1.94. The number of hydrogen-bond acceptors (Lipinski definition) is 3. The van der Waals surface area contributed by atoms with Crippen molar-refractivity contribution in [3.8, 4) is 6.07 Å². The molecule has 1 unspecified atom stereocenters. The van der Waals surface area contributed by atoms with Crippen LogP contribution in [0.15, 0.2) is 42.6 Å². The average molecular weight is 443 g/mol. The van der Waals surface area contributed by atoms with Gasteiger partial charge >= 0.3 is 0 Å². The Hall–Kier alpha value is -3.59. The number of carbonyl (C=O) groups excluding carboxylic acids is 2. The van der Waals surface area contributed by atoms with Gasteiger partial charge in [-0.2, -0.15) is 5.26 Å². The molecule has 1 aliphatic heterocycles. The molecule has 6 nitrogen and oxygen atoms in total. The molecular formula is C27H30N4O2. The lowest BCUT2D eigenvalue weighted by Gasteiger charge is -2.31. The minimum absolute atomic E-state index is 0.0412. The first-order valence-electron chi connectivity index (χ1n) is 11.7. The van der Waals surface area contributed by atoms with E-state index in [1.54, 1.807) is 12.1 Å². The number of nitriles is 1. The molecule has 1 N–H and O–H groups in total. The van der Waals surface area contributed by atoms with Gasteiger partial charge in [0.25, 0.3) is 5.91 Å². The Morgan fingerprint density at radius 2 is 1.97 bits per heavy atom. The van der Waals surface area contributed by atoms with Crippen LogP contribution in [0.25, 0.3) is 10.9 Å². The molecular weight excluding hydrogens is 412 g/mol. The molecule has 1 saturated heterocycles. The first-order valence-corrected chi connectivity index (χ1v) is 11.7. The fourth-order valence-electron chi connectivity index (χ4n) is 4.29. The van der Waals surface area contributed by atoms with E-state index in [1.807, 2.05) is 53.8 Å². The summed E-state index contributed by atoms with van der Waals surface area (Å²) in [6, 6.07) is 12.9. The molecule has 170 valence electrons. The van der Waals surface area contributed by atoms with E-state index < -0.39 is 6.04 Å². The molecule has 0 saturated carbocycles. The highest BCUT2D eigenvalue weighted by molar-refractivity contribution is 6.00. The molecule has 33 heavy (non-hydrogen) atoms. The lowest BCUT2D eigenvalue weighted by atomic mass is 10.0. The topological polar surface area (TPSA) is 78.1 Å². The SMILES string of the molecule is CCCCc1ccc(C#N)cc1NC(=O)C(C)n1cc(C)c2ccc(C(=O)N3CCC3)cc21. The van der Waals surface area contributed by atoms with Crippen LogP contribution in [0.5, 0.6) is 0 Å². The van der Waals surface area contributed by atoms with E-state index in [4.69, 9.17) is 0 Å². The van der Waals surface area contributed by atoms with Crippen molar-refractivity contribution >= 4 is 28.4 Å². The highest BCUT2D eigenvalue weighted by atomic mass is 16.2. The van der Waals surface area contributed by atoms with Crippen LogP contribution in [0.2, 0.25) is 0 Å². The van der Waals surface area contributed by atoms with Crippen LogP contribution in [-0.4, -0.2) is 34.4 Å². The number of amides is 2. The second-order valence-corrected chi connectivity index (χ2v) is 8.85. The number of aromatic nitrogens is 1. The first-order chi connectivity index (χ1) is 15.9. The maximum absolute atomic E-state index is 13.3. The van der Waals surface area contributed by atoms with Gasteiger partial charge in [0, 0.05) is 41.4 Å². The summed E-state index contributed by atoms with van der Waals surface area (Å²) in [6.07, 6.45) is 5.93. The summed E-state index contributed by atoms with van der Waals surface area (Å²) >= 11 is 0. The summed E-state index contributed by atoms with van der Waals surface area (Å²) in [5.41, 5.74) is 4.84. The number of rotatable bonds is 7. The van der Waals surface area contributed by atoms with Gasteiger partial charge in [0.15, 0.2) is 0 Å². The third-order valence-electron chi connectivity index (χ3n) is 6.52. The van der Waals surface area contributed by atoms with Crippen LogP contribution in [0.3, 0.4) is 0 Å². The molecule has 0 spiro atoms. The Kier molecular flexibility index (Phi) is 6.50. The maximum Gasteiger partial charge on any atom is 0.253 e. The lowest BCUT2D eigenvalue weighted by Crippen LogP contribution is -2.42. The van der Waals surface area contributed by atoms with Gasteiger partial charge in [0.2, 0.25) is 5.91 Å². The number of hydrogen-bond donors (Lipinski definition) is 1. The van der Waals surface area contributed by atoms with E-state index in [2.05, 4.69) is 18.3 Å². The van der Waals surface area contributed by atoms with E-state index in [0.717, 1.165) is 60.8 Å². The molecule has 2 aromatic carbocycles. The smallest absolute Gasteiger partial charge is 0.253 e. The Morgan fingerprint density at radius 3 is 2.64 bits per heavy atom. The average Bonchev–Trinajstić information content (AvgIpc) is 3.12. The Bertz CT molecular complexity index is 1250. The predicted octanol–water partition coefficient (Wildman–Crippen LogP) is 5.21. The van der Waals surface area contributed by atoms with E-state index in [9.17, 15) is 14.9 Å². The number of anilines is 1. The second kappa shape index (κ2) is 9.50. The van der Waals surface area contributed by atoms with Gasteiger partial charge in [-0.3, -0.25) is 9.59 Å². The molecule has 0 aliphatic carbocycles. The van der Waals surface area contributed by atoms with Crippen molar-refractivity contribution in [3.63, 3.8) is 0 Å². The van der Waals surface area contributed by atoms with Crippen LogP contribution in [0.4, 0.5) is 5.69 Å². The number of nitrogens with zero attached hydrogens (tertiary/aromatic N) is 3. The minimum Gasteiger partial charge on any atom is -0.339 e. The largest absolute Gasteiger partial charge is 0.339 e. The highest BCUT2D eigenvalue weighted by Gasteiger charge is 2.24. The predicted molar refractivity (Wildman–Crippen MR) is 130 cm³/mol. The normalized spacial score (nSPS) is 13.9. The molecule has 2 amide bonds. The van der Waals surface area contributed by atoms with Crippen LogP contribution < -0.4 is 5.32 Å². The van der Waals surface area contributed by atoms with Gasteiger partial charge in [0.1, 0.15) is 6.04 Å². The molecule has 1 aromatic heterocycles. The molecule has 2 heterocycles. The third kappa shape index (κ3) is 4.49. The van der Waals surface area contributed by atoms with Gasteiger partial charge in [-0.1, -0.05) is 25.5 Å². The number of benzene rings is 2. The van der Waals surface area contributed by atoms with Gasteiger partial charge < -0.3 is 14.8 Å².